The van der Waals surface area contributed by atoms with Crippen molar-refractivity contribution in [1.29, 1.82) is 0 Å². The van der Waals surface area contributed by atoms with Gasteiger partial charge >= 0.3 is 0 Å². The molecule has 7 heteroatoms. The van der Waals surface area contributed by atoms with Crippen molar-refractivity contribution in [3.63, 3.8) is 0 Å². The third-order valence-corrected chi connectivity index (χ3v) is 6.52. The number of methoxy groups -OCH3 is 1. The van der Waals surface area contributed by atoms with Crippen LogP contribution in [0.1, 0.15) is 18.4 Å². The molecular weight excluding hydrogens is 424 g/mol. The number of halogens is 1. The third kappa shape index (κ3) is 4.26. The number of aromatic nitrogens is 1. The number of nitrogens with one attached hydrogen (secondary N) is 1. The number of ether oxygens (including phenoxy) is 1. The molecule has 0 bridgehead atoms. The van der Waals surface area contributed by atoms with Crippen LogP contribution in [0.15, 0.2) is 59.5 Å². The van der Waals surface area contributed by atoms with E-state index in [-0.39, 0.29) is 5.56 Å². The van der Waals surface area contributed by atoms with Gasteiger partial charge in [-0.3, -0.25) is 9.36 Å². The number of hydrogen-bond acceptors (Lipinski definition) is 5. The van der Waals surface area contributed by atoms with Gasteiger partial charge in [0.2, 0.25) is 0 Å². The molecule has 1 N–H and O–H groups in total. The van der Waals surface area contributed by atoms with Crippen molar-refractivity contribution in [2.45, 2.75) is 19.4 Å². The van der Waals surface area contributed by atoms with Crippen molar-refractivity contribution >= 4 is 17.3 Å². The standard InChI is InChI=1S/C25H27ClN4O2/c1-32-24-16-20(26)4-6-22(24)18-8-11-30(25(31)15-18)21-5-7-23-19(14-21)17-29(27-23)13-12-28-9-2-3-10-28/h4-8,11,14-16,27H,2-3,9-10,12-13,17H2,1H3. The Kier molecular flexibility index (Phi) is 5.91. The van der Waals surface area contributed by atoms with Gasteiger partial charge in [-0.1, -0.05) is 11.6 Å². The molecule has 6 nitrogen and oxygen atoms in total. The van der Waals surface area contributed by atoms with Crippen LogP contribution in [0.25, 0.3) is 16.8 Å². The van der Waals surface area contributed by atoms with E-state index in [0.29, 0.717) is 10.8 Å². The molecule has 32 heavy (non-hydrogen) atoms. The number of hydrazine groups is 1. The van der Waals surface area contributed by atoms with Crippen molar-refractivity contribution in [2.24, 2.45) is 0 Å². The van der Waals surface area contributed by atoms with Crippen molar-refractivity contribution < 1.29 is 4.74 Å². The van der Waals surface area contributed by atoms with E-state index in [4.69, 9.17) is 16.3 Å². The topological polar surface area (TPSA) is 49.7 Å². The normalized spacial score (nSPS) is 16.2. The largest absolute Gasteiger partial charge is 0.496 e. The van der Waals surface area contributed by atoms with Crippen molar-refractivity contribution in [1.82, 2.24) is 14.5 Å². The van der Waals surface area contributed by atoms with E-state index in [9.17, 15) is 4.79 Å². The SMILES string of the molecule is COc1cc(Cl)ccc1-c1ccn(-c2ccc3c(c2)CN(CCN2CCCC2)N3)c(=O)c1. The average Bonchev–Trinajstić information content (AvgIpc) is 3.46. The quantitative estimate of drug-likeness (QED) is 0.603. The first kappa shape index (κ1) is 21.1. The fourth-order valence-electron chi connectivity index (χ4n) is 4.55. The summed E-state index contributed by atoms with van der Waals surface area (Å²) >= 11 is 6.07. The van der Waals surface area contributed by atoms with Crippen LogP contribution in [-0.4, -0.2) is 47.8 Å². The highest BCUT2D eigenvalue weighted by Crippen LogP contribution is 2.32. The van der Waals surface area contributed by atoms with Gasteiger partial charge in [-0.25, -0.2) is 5.01 Å². The van der Waals surface area contributed by atoms with E-state index in [0.717, 1.165) is 42.1 Å². The lowest BCUT2D eigenvalue weighted by atomic mass is 10.1. The van der Waals surface area contributed by atoms with Gasteiger partial charge in [-0.2, -0.15) is 0 Å². The summed E-state index contributed by atoms with van der Waals surface area (Å²) in [6.45, 7) is 5.34. The van der Waals surface area contributed by atoms with Gasteiger partial charge in [0.15, 0.2) is 0 Å². The molecule has 3 aromatic rings. The Labute approximate surface area is 193 Å². The highest BCUT2D eigenvalue weighted by atomic mass is 35.5. The monoisotopic (exact) mass is 450 g/mol. The highest BCUT2D eigenvalue weighted by molar-refractivity contribution is 6.30. The van der Waals surface area contributed by atoms with Gasteiger partial charge in [0, 0.05) is 48.2 Å². The van der Waals surface area contributed by atoms with Crippen LogP contribution in [0.2, 0.25) is 5.02 Å². The predicted octanol–water partition coefficient (Wildman–Crippen LogP) is 4.40. The maximum Gasteiger partial charge on any atom is 0.255 e. The summed E-state index contributed by atoms with van der Waals surface area (Å²) in [5.74, 6) is 0.646. The summed E-state index contributed by atoms with van der Waals surface area (Å²) < 4.78 is 7.12. The molecule has 0 aliphatic carbocycles. The Morgan fingerprint density at radius 2 is 1.88 bits per heavy atom. The minimum absolute atomic E-state index is 0.0868. The molecule has 0 unspecified atom stereocenters. The first-order chi connectivity index (χ1) is 15.6. The molecule has 0 radical (unpaired) electrons. The highest BCUT2D eigenvalue weighted by Gasteiger charge is 2.20. The van der Waals surface area contributed by atoms with E-state index in [2.05, 4.69) is 27.5 Å². The van der Waals surface area contributed by atoms with Crippen LogP contribution in [-0.2, 0) is 6.54 Å². The Balaban J connectivity index is 1.34. The van der Waals surface area contributed by atoms with Gasteiger partial charge in [-0.15, -0.1) is 0 Å². The summed E-state index contributed by atoms with van der Waals surface area (Å²) in [6.07, 6.45) is 4.45. The maximum atomic E-state index is 13.0. The Bertz CT molecular complexity index is 1190. The number of anilines is 1. The molecule has 3 heterocycles. The summed E-state index contributed by atoms with van der Waals surface area (Å²) in [5.41, 5.74) is 8.24. The lowest BCUT2D eigenvalue weighted by molar-refractivity contribution is 0.259. The maximum absolute atomic E-state index is 13.0. The van der Waals surface area contributed by atoms with Gasteiger partial charge in [0.1, 0.15) is 5.75 Å². The van der Waals surface area contributed by atoms with Crippen LogP contribution in [0, 0.1) is 0 Å². The molecule has 166 valence electrons. The minimum atomic E-state index is -0.0868. The van der Waals surface area contributed by atoms with Crippen molar-refractivity contribution in [2.75, 3.05) is 38.7 Å². The smallest absolute Gasteiger partial charge is 0.255 e. The van der Waals surface area contributed by atoms with Crippen LogP contribution in [0.3, 0.4) is 0 Å². The summed E-state index contributed by atoms with van der Waals surface area (Å²) in [6, 6.07) is 15.1. The molecule has 1 aromatic heterocycles. The fraction of sp³-hybridized carbons (Fsp3) is 0.320. The molecule has 5 rings (SSSR count). The van der Waals surface area contributed by atoms with Gasteiger partial charge < -0.3 is 15.1 Å². The lowest BCUT2D eigenvalue weighted by Gasteiger charge is -2.20. The number of nitrogens with zero attached hydrogens (tertiary/aromatic N) is 3. The fourth-order valence-corrected chi connectivity index (χ4v) is 4.71. The molecule has 2 aliphatic heterocycles. The van der Waals surface area contributed by atoms with Crippen LogP contribution < -0.4 is 15.7 Å². The lowest BCUT2D eigenvalue weighted by Crippen LogP contribution is -2.33. The second kappa shape index (κ2) is 8.98. The van der Waals surface area contributed by atoms with E-state index in [1.54, 1.807) is 29.9 Å². The average molecular weight is 451 g/mol. The van der Waals surface area contributed by atoms with E-state index >= 15 is 0 Å². The summed E-state index contributed by atoms with van der Waals surface area (Å²) in [5, 5.41) is 2.85. The van der Waals surface area contributed by atoms with Gasteiger partial charge in [0.25, 0.3) is 5.56 Å². The number of fused-ring (bicyclic) bond motifs is 1. The van der Waals surface area contributed by atoms with Crippen LogP contribution in [0.5, 0.6) is 5.75 Å². The van der Waals surface area contributed by atoms with Crippen molar-refractivity contribution in [3.8, 4) is 22.6 Å². The minimum Gasteiger partial charge on any atom is -0.496 e. The molecule has 0 spiro atoms. The first-order valence-electron chi connectivity index (χ1n) is 11.0. The van der Waals surface area contributed by atoms with Crippen LogP contribution >= 0.6 is 11.6 Å². The number of benzene rings is 2. The van der Waals surface area contributed by atoms with Gasteiger partial charge in [-0.05, 0) is 79.5 Å². The zero-order valence-electron chi connectivity index (χ0n) is 18.2. The summed E-state index contributed by atoms with van der Waals surface area (Å²) in [4.78, 5) is 15.5. The molecular formula is C25H27ClN4O2. The number of rotatable bonds is 6. The molecule has 2 aromatic carbocycles. The molecule has 2 aliphatic rings. The van der Waals surface area contributed by atoms with E-state index in [1.165, 1.54) is 31.5 Å². The third-order valence-electron chi connectivity index (χ3n) is 6.29. The molecule has 0 atom stereocenters. The van der Waals surface area contributed by atoms with Gasteiger partial charge in [0.05, 0.1) is 12.8 Å². The Hall–Kier alpha value is -2.80. The number of hydrogen-bond donors (Lipinski definition) is 1. The number of pyridine rings is 1. The second-order valence-electron chi connectivity index (χ2n) is 8.39. The Morgan fingerprint density at radius 3 is 2.66 bits per heavy atom. The van der Waals surface area contributed by atoms with Crippen molar-refractivity contribution in [3.05, 3.63) is 75.7 Å². The Morgan fingerprint density at radius 1 is 1.03 bits per heavy atom. The summed E-state index contributed by atoms with van der Waals surface area (Å²) in [7, 11) is 1.60. The van der Waals surface area contributed by atoms with E-state index in [1.807, 2.05) is 24.4 Å². The van der Waals surface area contributed by atoms with Crippen LogP contribution in [0.4, 0.5) is 5.69 Å². The number of likely N-dealkylation sites (tertiary alicyclic amines) is 1. The predicted molar refractivity (Wildman–Crippen MR) is 129 cm³/mol. The molecule has 0 saturated carbocycles. The first-order valence-corrected chi connectivity index (χ1v) is 11.4. The zero-order chi connectivity index (χ0) is 22.1. The molecule has 1 fully saturated rings. The second-order valence-corrected chi connectivity index (χ2v) is 8.83. The zero-order valence-corrected chi connectivity index (χ0v) is 18.9. The molecule has 1 saturated heterocycles. The van der Waals surface area contributed by atoms with E-state index < -0.39 is 0 Å². The molecule has 0 amide bonds.